The van der Waals surface area contributed by atoms with E-state index in [2.05, 4.69) is 15.0 Å². The van der Waals surface area contributed by atoms with Crippen molar-refractivity contribution in [3.05, 3.63) is 62.8 Å². The molecule has 0 unspecified atom stereocenters. The number of carbonyl (C=O) groups is 1. The molecule has 0 saturated carbocycles. The maximum atomic E-state index is 12.5. The number of carbonyl (C=O) groups excluding carboxylic acids is 1. The van der Waals surface area contributed by atoms with E-state index in [-0.39, 0.29) is 12.5 Å². The number of amides is 1. The van der Waals surface area contributed by atoms with Crippen LogP contribution in [0.2, 0.25) is 0 Å². The van der Waals surface area contributed by atoms with Gasteiger partial charge in [-0.1, -0.05) is 24.3 Å². The molecule has 0 bridgehead atoms. The first-order valence-corrected chi connectivity index (χ1v) is 10.1. The van der Waals surface area contributed by atoms with Crippen molar-refractivity contribution in [2.45, 2.75) is 26.3 Å². The van der Waals surface area contributed by atoms with Gasteiger partial charge in [0.1, 0.15) is 16.5 Å². The van der Waals surface area contributed by atoms with E-state index in [4.69, 9.17) is 0 Å². The van der Waals surface area contributed by atoms with Gasteiger partial charge in [-0.3, -0.25) is 4.79 Å². The smallest absolute Gasteiger partial charge is 0.367 e. The number of alkyl halides is 3. The summed E-state index contributed by atoms with van der Waals surface area (Å²) in [5.41, 5.74) is 3.16. The molecule has 148 valence electrons. The van der Waals surface area contributed by atoms with Crippen LogP contribution in [0.25, 0.3) is 10.6 Å². The number of ether oxygens (including phenoxy) is 1. The van der Waals surface area contributed by atoms with E-state index < -0.39 is 12.8 Å². The molecule has 3 aromatic rings. The molecule has 0 aliphatic rings. The molecule has 1 N–H and O–H groups in total. The van der Waals surface area contributed by atoms with Crippen molar-refractivity contribution in [3.8, 4) is 10.6 Å². The zero-order chi connectivity index (χ0) is 20.1. The minimum Gasteiger partial charge on any atom is -0.367 e. The van der Waals surface area contributed by atoms with E-state index in [0.717, 1.165) is 16.1 Å². The molecule has 2 aromatic heterocycles. The quantitative estimate of drug-likeness (QED) is 0.566. The van der Waals surface area contributed by atoms with Gasteiger partial charge < -0.3 is 10.1 Å². The van der Waals surface area contributed by atoms with Crippen molar-refractivity contribution in [1.29, 1.82) is 0 Å². The molecule has 4 nitrogen and oxygen atoms in total. The highest BCUT2D eigenvalue weighted by Crippen LogP contribution is 2.29. The topological polar surface area (TPSA) is 51.2 Å². The van der Waals surface area contributed by atoms with Gasteiger partial charge in [-0.2, -0.15) is 24.5 Å². The maximum Gasteiger partial charge on any atom is 0.411 e. The van der Waals surface area contributed by atoms with Crippen LogP contribution in [-0.2, 0) is 17.9 Å². The molecule has 9 heteroatoms. The average Bonchev–Trinajstić information content (AvgIpc) is 3.29. The number of halogens is 3. The highest BCUT2D eigenvalue weighted by atomic mass is 32.1. The average molecular weight is 426 g/mol. The van der Waals surface area contributed by atoms with Crippen LogP contribution in [0.3, 0.4) is 0 Å². The number of hydrogen-bond acceptors (Lipinski definition) is 5. The summed E-state index contributed by atoms with van der Waals surface area (Å²) >= 11 is 2.92. The lowest BCUT2D eigenvalue weighted by Crippen LogP contribution is -2.22. The van der Waals surface area contributed by atoms with Crippen molar-refractivity contribution in [3.63, 3.8) is 0 Å². The van der Waals surface area contributed by atoms with Crippen LogP contribution in [0, 0.1) is 6.92 Å². The normalized spacial score (nSPS) is 11.6. The van der Waals surface area contributed by atoms with Crippen LogP contribution >= 0.6 is 22.7 Å². The summed E-state index contributed by atoms with van der Waals surface area (Å²) in [6.45, 7) is 0.731. The molecule has 1 amide bonds. The summed E-state index contributed by atoms with van der Waals surface area (Å²) in [6.07, 6.45) is -4.33. The van der Waals surface area contributed by atoms with Gasteiger partial charge in [-0.25, -0.2) is 4.98 Å². The first-order valence-electron chi connectivity index (χ1n) is 8.32. The predicted octanol–water partition coefficient (Wildman–Crippen LogP) is 5.19. The second-order valence-corrected chi connectivity index (χ2v) is 7.83. The number of benzene rings is 1. The van der Waals surface area contributed by atoms with Gasteiger partial charge in [0, 0.05) is 17.5 Å². The van der Waals surface area contributed by atoms with Crippen molar-refractivity contribution < 1.29 is 22.7 Å². The van der Waals surface area contributed by atoms with Crippen molar-refractivity contribution in [1.82, 2.24) is 10.3 Å². The number of aryl methyl sites for hydroxylation is 1. The Kier molecular flexibility index (Phi) is 6.48. The van der Waals surface area contributed by atoms with E-state index in [1.54, 1.807) is 42.5 Å². The van der Waals surface area contributed by atoms with E-state index in [1.165, 1.54) is 11.3 Å². The van der Waals surface area contributed by atoms with Gasteiger partial charge in [-0.15, -0.1) is 11.3 Å². The first kappa shape index (κ1) is 20.5. The summed E-state index contributed by atoms with van der Waals surface area (Å²) in [7, 11) is 0. The largest absolute Gasteiger partial charge is 0.411 e. The Morgan fingerprint density at radius 1 is 1.18 bits per heavy atom. The highest BCUT2D eigenvalue weighted by Gasteiger charge is 2.27. The van der Waals surface area contributed by atoms with Crippen LogP contribution in [-0.4, -0.2) is 23.7 Å². The second-order valence-electron chi connectivity index (χ2n) is 6.05. The molecule has 0 fully saturated rings. The predicted molar refractivity (Wildman–Crippen MR) is 103 cm³/mol. The van der Waals surface area contributed by atoms with E-state index >= 15 is 0 Å². The van der Waals surface area contributed by atoms with Gasteiger partial charge in [0.15, 0.2) is 0 Å². The number of thiophene rings is 1. The number of nitrogens with one attached hydrogen (secondary N) is 1. The first-order chi connectivity index (χ1) is 13.3. The summed E-state index contributed by atoms with van der Waals surface area (Å²) in [4.78, 5) is 17.5. The zero-order valence-electron chi connectivity index (χ0n) is 14.9. The molecule has 0 saturated heterocycles. The summed E-state index contributed by atoms with van der Waals surface area (Å²) in [5, 5.41) is 7.61. The lowest BCUT2D eigenvalue weighted by Gasteiger charge is -2.08. The monoisotopic (exact) mass is 426 g/mol. The maximum absolute atomic E-state index is 12.5. The summed E-state index contributed by atoms with van der Waals surface area (Å²) in [6, 6.07) is 8.84. The Bertz CT molecular complexity index is 920. The molecular weight excluding hydrogens is 409 g/mol. The Labute approximate surface area is 168 Å². The minimum atomic E-state index is -4.33. The highest BCUT2D eigenvalue weighted by molar-refractivity contribution is 7.17. The molecule has 0 radical (unpaired) electrons. The molecule has 2 heterocycles. The number of rotatable bonds is 7. The second kappa shape index (κ2) is 8.85. The van der Waals surface area contributed by atoms with Gasteiger partial charge in [0.2, 0.25) is 0 Å². The number of aromatic nitrogens is 1. The third kappa shape index (κ3) is 5.63. The van der Waals surface area contributed by atoms with Crippen LogP contribution in [0.4, 0.5) is 13.2 Å². The number of thiazole rings is 1. The Hall–Kier alpha value is -2.23. The SMILES string of the molecule is Cc1nc(-c2ccsc2)sc1C(=O)NCc1ccc(COCC(F)(F)F)cc1. The molecule has 0 aliphatic heterocycles. The molecule has 0 aliphatic carbocycles. The Balaban J connectivity index is 1.53. The van der Waals surface area contributed by atoms with Crippen LogP contribution in [0.15, 0.2) is 41.1 Å². The lowest BCUT2D eigenvalue weighted by molar-refractivity contribution is -0.176. The van der Waals surface area contributed by atoms with Gasteiger partial charge in [0.25, 0.3) is 5.91 Å². The van der Waals surface area contributed by atoms with E-state index in [9.17, 15) is 18.0 Å². The number of hydrogen-bond donors (Lipinski definition) is 1. The van der Waals surface area contributed by atoms with Gasteiger partial charge in [-0.05, 0) is 29.5 Å². The van der Waals surface area contributed by atoms with Crippen molar-refractivity contribution in [2.75, 3.05) is 6.61 Å². The van der Waals surface area contributed by atoms with Crippen LogP contribution < -0.4 is 5.32 Å². The zero-order valence-corrected chi connectivity index (χ0v) is 16.5. The van der Waals surface area contributed by atoms with Crippen molar-refractivity contribution in [2.24, 2.45) is 0 Å². The molecule has 0 atom stereocenters. The van der Waals surface area contributed by atoms with E-state index in [0.29, 0.717) is 22.7 Å². The van der Waals surface area contributed by atoms with Crippen LogP contribution in [0.1, 0.15) is 26.5 Å². The molecule has 0 spiro atoms. The molecule has 1 aromatic carbocycles. The van der Waals surface area contributed by atoms with Crippen LogP contribution in [0.5, 0.6) is 0 Å². The van der Waals surface area contributed by atoms with E-state index in [1.807, 2.05) is 16.8 Å². The fourth-order valence-corrected chi connectivity index (χ4v) is 4.11. The summed E-state index contributed by atoms with van der Waals surface area (Å²) in [5.74, 6) is -0.200. The molecule has 3 rings (SSSR count). The third-order valence-electron chi connectivity index (χ3n) is 3.78. The number of nitrogens with zero attached hydrogens (tertiary/aromatic N) is 1. The standard InChI is InChI=1S/C19H17F3N2O2S2/c1-12-16(28-18(24-12)15-6-7-27-10-15)17(25)23-8-13-2-4-14(5-3-13)9-26-11-19(20,21)22/h2-7,10H,8-9,11H2,1H3,(H,23,25). The fourth-order valence-electron chi connectivity index (χ4n) is 2.42. The molecule has 28 heavy (non-hydrogen) atoms. The fraction of sp³-hybridized carbons (Fsp3) is 0.263. The Morgan fingerprint density at radius 3 is 2.54 bits per heavy atom. The molecular formula is C19H17F3N2O2S2. The van der Waals surface area contributed by atoms with Crippen molar-refractivity contribution >= 4 is 28.6 Å². The Morgan fingerprint density at radius 2 is 1.89 bits per heavy atom. The summed E-state index contributed by atoms with van der Waals surface area (Å²) < 4.78 is 40.9. The third-order valence-corrected chi connectivity index (χ3v) is 5.67. The lowest BCUT2D eigenvalue weighted by atomic mass is 10.1. The van der Waals surface area contributed by atoms with Gasteiger partial charge in [0.05, 0.1) is 12.3 Å². The van der Waals surface area contributed by atoms with Gasteiger partial charge >= 0.3 is 6.18 Å². The minimum absolute atomic E-state index is 0.114.